The summed E-state index contributed by atoms with van der Waals surface area (Å²) in [5.41, 5.74) is 2.27. The van der Waals surface area contributed by atoms with Crippen LogP contribution in [0.1, 0.15) is 25.0 Å². The van der Waals surface area contributed by atoms with E-state index in [-0.39, 0.29) is 34.6 Å². The third-order valence-corrected chi connectivity index (χ3v) is 7.60. The normalized spacial score (nSPS) is 27.0. The first-order chi connectivity index (χ1) is 11.2. The van der Waals surface area contributed by atoms with Crippen molar-refractivity contribution in [1.29, 1.82) is 0 Å². The lowest BCUT2D eigenvalue weighted by Gasteiger charge is -2.24. The lowest BCUT2D eigenvalue weighted by atomic mass is 10.1. The number of sulfone groups is 1. The van der Waals surface area contributed by atoms with Crippen LogP contribution in [-0.4, -0.2) is 47.2 Å². The topological polar surface area (TPSA) is 66.8 Å². The average Bonchev–Trinajstić information content (AvgIpc) is 2.94. The molecule has 2 atom stereocenters. The summed E-state index contributed by atoms with van der Waals surface area (Å²) in [5.74, 6) is -0.00900. The highest BCUT2D eigenvalue weighted by Crippen LogP contribution is 2.39. The van der Waals surface area contributed by atoms with Crippen molar-refractivity contribution in [2.45, 2.75) is 38.6 Å². The molecule has 24 heavy (non-hydrogen) atoms. The number of aryl methyl sites for hydroxylation is 1. The molecule has 0 bridgehead atoms. The first-order valence-electron chi connectivity index (χ1n) is 8.07. The maximum atomic E-state index is 12.0. The molecule has 0 radical (unpaired) electrons. The highest BCUT2D eigenvalue weighted by atomic mass is 32.2. The van der Waals surface area contributed by atoms with Crippen LogP contribution in [0.15, 0.2) is 29.3 Å². The minimum Gasteiger partial charge on any atom is -0.342 e. The lowest BCUT2D eigenvalue weighted by molar-refractivity contribution is -0.120. The van der Waals surface area contributed by atoms with E-state index in [1.807, 2.05) is 49.9 Å². The molecule has 2 heterocycles. The maximum absolute atomic E-state index is 12.0. The number of carbonyl (C=O) groups excluding carboxylic acids is 1. The van der Waals surface area contributed by atoms with Crippen molar-refractivity contribution < 1.29 is 13.2 Å². The van der Waals surface area contributed by atoms with Gasteiger partial charge in [0.2, 0.25) is 0 Å². The number of benzene rings is 1. The molecule has 5 nitrogen and oxygen atoms in total. The highest BCUT2D eigenvalue weighted by molar-refractivity contribution is 8.15. The predicted molar refractivity (Wildman–Crippen MR) is 97.8 cm³/mol. The number of amidine groups is 1. The number of carbonyl (C=O) groups is 1. The van der Waals surface area contributed by atoms with Gasteiger partial charge < -0.3 is 4.90 Å². The van der Waals surface area contributed by atoms with Gasteiger partial charge in [-0.15, -0.1) is 0 Å². The number of rotatable bonds is 3. The molecular formula is C17H22N2O3S2. The number of hydrogen-bond donors (Lipinski definition) is 0. The molecule has 1 aromatic rings. The number of nitrogens with zero attached hydrogens (tertiary/aromatic N) is 2. The fourth-order valence-corrected chi connectivity index (χ4v) is 6.89. The quantitative estimate of drug-likeness (QED) is 0.821. The second kappa shape index (κ2) is 6.52. The summed E-state index contributed by atoms with van der Waals surface area (Å²) in [6.45, 7) is 6.25. The van der Waals surface area contributed by atoms with E-state index in [4.69, 9.17) is 0 Å². The molecule has 2 aliphatic heterocycles. The summed E-state index contributed by atoms with van der Waals surface area (Å²) in [4.78, 5) is 18.3. The van der Waals surface area contributed by atoms with E-state index in [1.54, 1.807) is 0 Å². The minimum absolute atomic E-state index is 0.0286. The van der Waals surface area contributed by atoms with E-state index in [0.29, 0.717) is 11.7 Å². The molecule has 7 heteroatoms. The van der Waals surface area contributed by atoms with Crippen LogP contribution in [-0.2, 0) is 21.2 Å². The van der Waals surface area contributed by atoms with E-state index in [1.165, 1.54) is 17.3 Å². The zero-order chi connectivity index (χ0) is 17.5. The Balaban J connectivity index is 1.89. The Kier molecular flexibility index (Phi) is 4.75. The Labute approximate surface area is 147 Å². The smallest absolute Gasteiger partial charge is 0.250 e. The van der Waals surface area contributed by atoms with Gasteiger partial charge in [-0.2, -0.15) is 4.99 Å². The van der Waals surface area contributed by atoms with Gasteiger partial charge in [0.1, 0.15) is 0 Å². The van der Waals surface area contributed by atoms with Crippen molar-refractivity contribution in [2.24, 2.45) is 10.9 Å². The maximum Gasteiger partial charge on any atom is 0.250 e. The summed E-state index contributed by atoms with van der Waals surface area (Å²) < 4.78 is 24.0. The van der Waals surface area contributed by atoms with Crippen molar-refractivity contribution in [3.05, 3.63) is 35.4 Å². The van der Waals surface area contributed by atoms with Crippen LogP contribution in [0.5, 0.6) is 0 Å². The van der Waals surface area contributed by atoms with Gasteiger partial charge in [0.15, 0.2) is 15.0 Å². The lowest BCUT2D eigenvalue weighted by Crippen LogP contribution is -2.37. The van der Waals surface area contributed by atoms with Crippen LogP contribution in [0.2, 0.25) is 0 Å². The largest absolute Gasteiger partial charge is 0.342 e. The number of thioether (sulfide) groups is 1. The van der Waals surface area contributed by atoms with Crippen molar-refractivity contribution in [3.8, 4) is 0 Å². The second-order valence-electron chi connectivity index (χ2n) is 6.80. The Morgan fingerprint density at radius 3 is 2.58 bits per heavy atom. The Morgan fingerprint density at radius 2 is 1.96 bits per heavy atom. The fraction of sp³-hybridized carbons (Fsp3) is 0.529. The molecule has 1 aromatic carbocycles. The average molecular weight is 367 g/mol. The zero-order valence-corrected chi connectivity index (χ0v) is 15.7. The summed E-state index contributed by atoms with van der Waals surface area (Å²) in [6, 6.07) is 8.06. The van der Waals surface area contributed by atoms with Crippen LogP contribution in [0.25, 0.3) is 0 Å². The SMILES string of the molecule is Cc1ccc(CN2C(=NC(=O)C(C)C)S[C@H]3CS(=O)(=O)C[C@@H]32)cc1. The second-order valence-corrected chi connectivity index (χ2v) is 10.2. The molecular weight excluding hydrogens is 344 g/mol. The molecule has 0 spiro atoms. The fourth-order valence-electron chi connectivity index (χ4n) is 2.93. The van der Waals surface area contributed by atoms with Crippen molar-refractivity contribution >= 4 is 32.7 Å². The molecule has 0 saturated carbocycles. The van der Waals surface area contributed by atoms with Gasteiger partial charge in [0, 0.05) is 17.7 Å². The summed E-state index contributed by atoms with van der Waals surface area (Å²) in [7, 11) is -3.01. The summed E-state index contributed by atoms with van der Waals surface area (Å²) in [6.07, 6.45) is 0. The van der Waals surface area contributed by atoms with Gasteiger partial charge in [-0.05, 0) is 12.5 Å². The van der Waals surface area contributed by atoms with E-state index in [9.17, 15) is 13.2 Å². The number of hydrogen-bond acceptors (Lipinski definition) is 4. The Morgan fingerprint density at radius 1 is 1.29 bits per heavy atom. The van der Waals surface area contributed by atoms with Gasteiger partial charge >= 0.3 is 0 Å². The zero-order valence-electron chi connectivity index (χ0n) is 14.1. The van der Waals surface area contributed by atoms with E-state index in [2.05, 4.69) is 4.99 Å². The minimum atomic E-state index is -3.01. The molecule has 3 rings (SSSR count). The van der Waals surface area contributed by atoms with Crippen LogP contribution < -0.4 is 0 Å². The molecule has 0 N–H and O–H groups in total. The Hall–Kier alpha value is -1.34. The number of aliphatic imine (C=N–C) groups is 1. The third-order valence-electron chi connectivity index (χ3n) is 4.35. The molecule has 0 aliphatic carbocycles. The number of fused-ring (bicyclic) bond motifs is 1. The van der Waals surface area contributed by atoms with Gasteiger partial charge in [-0.3, -0.25) is 4.79 Å². The monoisotopic (exact) mass is 366 g/mol. The van der Waals surface area contributed by atoms with Gasteiger partial charge in [-0.1, -0.05) is 55.4 Å². The number of amides is 1. The molecule has 0 unspecified atom stereocenters. The highest BCUT2D eigenvalue weighted by Gasteiger charge is 2.48. The van der Waals surface area contributed by atoms with Gasteiger partial charge in [0.25, 0.3) is 5.91 Å². The summed E-state index contributed by atoms with van der Waals surface area (Å²) >= 11 is 1.44. The predicted octanol–water partition coefficient (Wildman–Crippen LogP) is 2.25. The van der Waals surface area contributed by atoms with E-state index < -0.39 is 9.84 Å². The van der Waals surface area contributed by atoms with E-state index in [0.717, 1.165) is 5.56 Å². The van der Waals surface area contributed by atoms with Crippen LogP contribution >= 0.6 is 11.8 Å². The van der Waals surface area contributed by atoms with Crippen LogP contribution in [0, 0.1) is 12.8 Å². The molecule has 2 saturated heterocycles. The van der Waals surface area contributed by atoms with Crippen LogP contribution in [0.4, 0.5) is 0 Å². The molecule has 1 amide bonds. The first-order valence-corrected chi connectivity index (χ1v) is 10.8. The van der Waals surface area contributed by atoms with Gasteiger partial charge in [-0.25, -0.2) is 8.42 Å². The van der Waals surface area contributed by atoms with Gasteiger partial charge in [0.05, 0.1) is 17.5 Å². The van der Waals surface area contributed by atoms with Crippen molar-refractivity contribution in [1.82, 2.24) is 4.90 Å². The standard InChI is InChI=1S/C17H22N2O3S2/c1-11(2)16(20)18-17-19(8-13-6-4-12(3)5-7-13)14-9-24(21,22)10-15(14)23-17/h4-7,11,14-15H,8-10H2,1-3H3/t14-,15-/m0/s1. The molecule has 0 aromatic heterocycles. The van der Waals surface area contributed by atoms with Crippen molar-refractivity contribution in [2.75, 3.05) is 11.5 Å². The third kappa shape index (κ3) is 3.67. The van der Waals surface area contributed by atoms with E-state index >= 15 is 0 Å². The molecule has 2 fully saturated rings. The Bertz CT molecular complexity index is 770. The summed E-state index contributed by atoms with van der Waals surface area (Å²) in [5, 5.41) is 0.637. The molecule has 130 valence electrons. The molecule has 2 aliphatic rings. The van der Waals surface area contributed by atoms with Crippen LogP contribution in [0.3, 0.4) is 0 Å². The van der Waals surface area contributed by atoms with Crippen molar-refractivity contribution in [3.63, 3.8) is 0 Å². The first kappa shape index (κ1) is 17.5.